The molecule has 4 nitrogen and oxygen atoms in total. The third-order valence-corrected chi connectivity index (χ3v) is 4.42. The number of benzene rings is 1. The number of anilines is 1. The average molecular weight is 365 g/mol. The number of imide groups is 1. The lowest BCUT2D eigenvalue weighted by atomic mass is 10.2. The Labute approximate surface area is 136 Å². The summed E-state index contributed by atoms with van der Waals surface area (Å²) < 4.78 is 0.920. The quantitative estimate of drug-likeness (QED) is 0.610. The van der Waals surface area contributed by atoms with Crippen LogP contribution >= 0.6 is 27.7 Å². The first kappa shape index (κ1) is 15.7. The molecule has 1 saturated heterocycles. The van der Waals surface area contributed by atoms with Gasteiger partial charge in [0.2, 0.25) is 0 Å². The molecule has 0 spiro atoms. The number of terminal acetylenes is 1. The van der Waals surface area contributed by atoms with Gasteiger partial charge in [-0.3, -0.25) is 14.5 Å². The van der Waals surface area contributed by atoms with Crippen molar-refractivity contribution in [1.29, 1.82) is 0 Å². The molecule has 0 aromatic heterocycles. The van der Waals surface area contributed by atoms with Gasteiger partial charge in [-0.2, -0.15) is 0 Å². The van der Waals surface area contributed by atoms with Crippen molar-refractivity contribution in [3.05, 3.63) is 33.1 Å². The molecule has 0 bridgehead atoms. The van der Waals surface area contributed by atoms with Crippen LogP contribution in [0.2, 0.25) is 0 Å². The van der Waals surface area contributed by atoms with Crippen molar-refractivity contribution in [3.8, 4) is 12.3 Å². The topological polar surface area (TPSA) is 40.6 Å². The minimum absolute atomic E-state index is 0.00523. The highest BCUT2D eigenvalue weighted by Crippen LogP contribution is 2.33. The molecule has 1 fully saturated rings. The normalized spacial score (nSPS) is 16.5. The van der Waals surface area contributed by atoms with Gasteiger partial charge in [0.25, 0.3) is 11.1 Å². The predicted molar refractivity (Wildman–Crippen MR) is 90.0 cm³/mol. The lowest BCUT2D eigenvalue weighted by molar-refractivity contribution is -0.122. The molecule has 6 heteroatoms. The summed E-state index contributed by atoms with van der Waals surface area (Å²) in [6.07, 6.45) is 6.86. The summed E-state index contributed by atoms with van der Waals surface area (Å²) in [4.78, 5) is 27.2. The standard InChI is InChI=1S/C15H13BrN2O2S/c1-4-7-18-14(19)13(21-15(18)20)9-10-5-6-12(17(2)3)11(16)8-10/h1,5-6,8-9H,7H2,2-3H3/b13-9+. The zero-order valence-corrected chi connectivity index (χ0v) is 14.0. The fourth-order valence-corrected chi connectivity index (χ4v) is 3.44. The van der Waals surface area contributed by atoms with Crippen molar-refractivity contribution in [2.75, 3.05) is 25.5 Å². The van der Waals surface area contributed by atoms with Crippen molar-refractivity contribution in [2.45, 2.75) is 0 Å². The highest BCUT2D eigenvalue weighted by atomic mass is 79.9. The smallest absolute Gasteiger partial charge is 0.294 e. The van der Waals surface area contributed by atoms with Crippen LogP contribution in [0.15, 0.2) is 27.6 Å². The maximum atomic E-state index is 12.1. The van der Waals surface area contributed by atoms with Crippen LogP contribution in [0.5, 0.6) is 0 Å². The molecular formula is C15H13BrN2O2S. The van der Waals surface area contributed by atoms with Gasteiger partial charge in [0.05, 0.1) is 17.1 Å². The molecule has 0 N–H and O–H groups in total. The first-order chi connectivity index (χ1) is 9.93. The summed E-state index contributed by atoms with van der Waals surface area (Å²) in [5, 5.41) is -0.326. The van der Waals surface area contributed by atoms with E-state index in [-0.39, 0.29) is 17.7 Å². The Balaban J connectivity index is 2.29. The van der Waals surface area contributed by atoms with Crippen LogP contribution < -0.4 is 4.90 Å². The van der Waals surface area contributed by atoms with Gasteiger partial charge >= 0.3 is 0 Å². The number of amides is 2. The zero-order valence-electron chi connectivity index (χ0n) is 11.6. The number of rotatable bonds is 3. The molecular weight excluding hydrogens is 352 g/mol. The average Bonchev–Trinajstić information content (AvgIpc) is 2.66. The van der Waals surface area contributed by atoms with E-state index in [0.29, 0.717) is 4.91 Å². The molecule has 0 radical (unpaired) electrons. The predicted octanol–water partition coefficient (Wildman–Crippen LogP) is 3.18. The van der Waals surface area contributed by atoms with E-state index in [1.54, 1.807) is 6.08 Å². The van der Waals surface area contributed by atoms with Gasteiger partial charge in [0.15, 0.2) is 0 Å². The van der Waals surface area contributed by atoms with Crippen molar-refractivity contribution < 1.29 is 9.59 Å². The molecule has 0 atom stereocenters. The maximum absolute atomic E-state index is 12.1. The Bertz CT molecular complexity index is 677. The minimum Gasteiger partial charge on any atom is -0.377 e. The summed E-state index contributed by atoms with van der Waals surface area (Å²) in [6.45, 7) is 0.00523. The maximum Gasteiger partial charge on any atom is 0.294 e. The van der Waals surface area contributed by atoms with E-state index in [1.165, 1.54) is 0 Å². The molecule has 108 valence electrons. The van der Waals surface area contributed by atoms with E-state index < -0.39 is 0 Å². The molecule has 0 unspecified atom stereocenters. The lowest BCUT2D eigenvalue weighted by Crippen LogP contribution is -2.28. The monoisotopic (exact) mass is 364 g/mol. The molecule has 1 aromatic rings. The van der Waals surface area contributed by atoms with Gasteiger partial charge in [0, 0.05) is 18.6 Å². The van der Waals surface area contributed by atoms with Crippen molar-refractivity contribution in [3.63, 3.8) is 0 Å². The molecule has 0 saturated carbocycles. The first-order valence-electron chi connectivity index (χ1n) is 6.09. The number of thioether (sulfide) groups is 1. The highest BCUT2D eigenvalue weighted by Gasteiger charge is 2.34. The van der Waals surface area contributed by atoms with Gasteiger partial charge in [-0.05, 0) is 51.5 Å². The van der Waals surface area contributed by atoms with Gasteiger partial charge < -0.3 is 4.90 Å². The molecule has 21 heavy (non-hydrogen) atoms. The van der Waals surface area contributed by atoms with Gasteiger partial charge in [-0.25, -0.2) is 0 Å². The summed E-state index contributed by atoms with van der Waals surface area (Å²) in [5.74, 6) is 1.98. The van der Waals surface area contributed by atoms with Crippen LogP contribution in [-0.4, -0.2) is 36.7 Å². The fourth-order valence-electron chi connectivity index (χ4n) is 1.85. The van der Waals surface area contributed by atoms with Crippen LogP contribution in [0, 0.1) is 12.3 Å². The van der Waals surface area contributed by atoms with Crippen LogP contribution in [0.25, 0.3) is 6.08 Å². The Hall–Kier alpha value is -1.71. The minimum atomic E-state index is -0.337. The Morgan fingerprint density at radius 3 is 2.71 bits per heavy atom. The molecule has 1 aromatic carbocycles. The zero-order chi connectivity index (χ0) is 15.6. The molecule has 2 amide bonds. The number of nitrogens with zero attached hydrogens (tertiary/aromatic N) is 2. The van der Waals surface area contributed by atoms with Gasteiger partial charge in [0.1, 0.15) is 0 Å². The largest absolute Gasteiger partial charge is 0.377 e. The number of halogens is 1. The fraction of sp³-hybridized carbons (Fsp3) is 0.200. The van der Waals surface area contributed by atoms with Crippen molar-refractivity contribution in [1.82, 2.24) is 4.90 Å². The van der Waals surface area contributed by atoms with Crippen LogP contribution in [-0.2, 0) is 4.79 Å². The Morgan fingerprint density at radius 2 is 2.14 bits per heavy atom. The summed E-state index contributed by atoms with van der Waals surface area (Å²) >= 11 is 4.40. The first-order valence-corrected chi connectivity index (χ1v) is 7.70. The van der Waals surface area contributed by atoms with Crippen LogP contribution in [0.3, 0.4) is 0 Å². The van der Waals surface area contributed by atoms with E-state index in [4.69, 9.17) is 6.42 Å². The van der Waals surface area contributed by atoms with Crippen molar-refractivity contribution >= 4 is 50.6 Å². The molecule has 1 aliphatic rings. The van der Waals surface area contributed by atoms with Gasteiger partial charge in [-0.15, -0.1) is 6.42 Å². The molecule has 2 rings (SSSR count). The molecule has 0 aliphatic carbocycles. The number of hydrogen-bond donors (Lipinski definition) is 0. The van der Waals surface area contributed by atoms with E-state index >= 15 is 0 Å². The highest BCUT2D eigenvalue weighted by molar-refractivity contribution is 9.10. The number of carbonyl (C=O) groups is 2. The van der Waals surface area contributed by atoms with Gasteiger partial charge in [-0.1, -0.05) is 12.0 Å². The van der Waals surface area contributed by atoms with E-state index in [2.05, 4.69) is 21.9 Å². The van der Waals surface area contributed by atoms with E-state index in [1.807, 2.05) is 37.2 Å². The SMILES string of the molecule is C#CCN1C(=O)S/C(=C/c2ccc(N(C)C)c(Br)c2)C1=O. The van der Waals surface area contributed by atoms with Crippen LogP contribution in [0.4, 0.5) is 10.5 Å². The summed E-state index contributed by atoms with van der Waals surface area (Å²) in [7, 11) is 3.90. The second-order valence-corrected chi connectivity index (χ2v) is 6.42. The Morgan fingerprint density at radius 1 is 1.43 bits per heavy atom. The third kappa shape index (κ3) is 3.31. The summed E-state index contributed by atoms with van der Waals surface area (Å²) in [5.41, 5.74) is 1.88. The number of hydrogen-bond acceptors (Lipinski definition) is 4. The number of carbonyl (C=O) groups excluding carboxylic acids is 2. The van der Waals surface area contributed by atoms with Crippen LogP contribution in [0.1, 0.15) is 5.56 Å². The lowest BCUT2D eigenvalue weighted by Gasteiger charge is -2.14. The Kier molecular flexibility index (Phi) is 4.76. The summed E-state index contributed by atoms with van der Waals surface area (Å²) in [6, 6.07) is 5.75. The molecule has 1 aliphatic heterocycles. The second kappa shape index (κ2) is 6.37. The second-order valence-electron chi connectivity index (χ2n) is 4.58. The molecule has 1 heterocycles. The third-order valence-electron chi connectivity index (χ3n) is 2.87. The van der Waals surface area contributed by atoms with E-state index in [9.17, 15) is 9.59 Å². The van der Waals surface area contributed by atoms with E-state index in [0.717, 1.165) is 32.4 Å². The van der Waals surface area contributed by atoms with Crippen molar-refractivity contribution in [2.24, 2.45) is 0 Å².